The second-order valence-electron chi connectivity index (χ2n) is 7.06. The lowest BCUT2D eigenvalue weighted by molar-refractivity contribution is 0.443. The lowest BCUT2D eigenvalue weighted by atomic mass is 10.1. The number of piperidine rings is 1. The van der Waals surface area contributed by atoms with Gasteiger partial charge in [-0.1, -0.05) is 11.3 Å². The van der Waals surface area contributed by atoms with E-state index in [0.717, 1.165) is 41.8 Å². The number of thiazole rings is 1. The Morgan fingerprint density at radius 3 is 2.72 bits per heavy atom. The molecule has 0 aromatic carbocycles. The molecule has 0 bridgehead atoms. The Hall–Kier alpha value is -2.85. The first-order valence-corrected chi connectivity index (χ1v) is 10.4. The van der Waals surface area contributed by atoms with Crippen LogP contribution in [0.25, 0.3) is 5.69 Å². The van der Waals surface area contributed by atoms with Crippen molar-refractivity contribution >= 4 is 27.2 Å². The van der Waals surface area contributed by atoms with E-state index in [1.54, 1.807) is 36.0 Å². The first kappa shape index (κ1) is 19.5. The number of pyridine rings is 1. The molecule has 4 heterocycles. The van der Waals surface area contributed by atoms with Crippen molar-refractivity contribution < 1.29 is 5.11 Å². The molecule has 152 valence electrons. The first-order chi connectivity index (χ1) is 14.0. The quantitative estimate of drug-likeness (QED) is 0.620. The van der Waals surface area contributed by atoms with Gasteiger partial charge in [-0.3, -0.25) is 0 Å². The van der Waals surface area contributed by atoms with Crippen LogP contribution in [0, 0.1) is 6.92 Å². The molecule has 1 aliphatic rings. The van der Waals surface area contributed by atoms with Crippen LogP contribution in [-0.4, -0.2) is 62.0 Å². The lowest BCUT2D eigenvalue weighted by Crippen LogP contribution is -2.41. The van der Waals surface area contributed by atoms with Crippen molar-refractivity contribution in [3.63, 3.8) is 0 Å². The fourth-order valence-electron chi connectivity index (χ4n) is 3.36. The molecule has 1 aliphatic heterocycles. The summed E-state index contributed by atoms with van der Waals surface area (Å²) in [4.78, 5) is 17.4. The van der Waals surface area contributed by atoms with Gasteiger partial charge in [0.2, 0.25) is 0 Å². The number of aliphatic imine (C=N–C) groups is 1. The van der Waals surface area contributed by atoms with Crippen LogP contribution in [0.2, 0.25) is 0 Å². The van der Waals surface area contributed by atoms with Crippen LogP contribution in [0.1, 0.15) is 31.2 Å². The number of nitrogens with one attached hydrogen (secondary N) is 1. The number of rotatable bonds is 5. The summed E-state index contributed by atoms with van der Waals surface area (Å²) in [6.45, 7) is 5.88. The molecule has 0 spiro atoms. The monoisotopic (exact) mass is 412 g/mol. The van der Waals surface area contributed by atoms with Gasteiger partial charge >= 0.3 is 0 Å². The van der Waals surface area contributed by atoms with Gasteiger partial charge < -0.3 is 15.3 Å². The standard InChI is InChI=1S/C19H24N8OS/c1-12(17-16(28)10-15(11-21-17)27-22-8-9-23-27)24-18-13(2)25-19(29-18)26(3)14-4-6-20-7-5-14/h8-11,14,20,28H,4-7H2,1-3H3/b24-12+. The SMILES string of the molecule is C/C(=N\c1sc(N(C)C2CCNCC2)nc1C)c1ncc(-n2nccn2)cc1O. The minimum absolute atomic E-state index is 0.0373. The van der Waals surface area contributed by atoms with E-state index in [0.29, 0.717) is 23.1 Å². The summed E-state index contributed by atoms with van der Waals surface area (Å²) in [6, 6.07) is 2.07. The van der Waals surface area contributed by atoms with Gasteiger partial charge in [-0.2, -0.15) is 10.2 Å². The van der Waals surface area contributed by atoms with Gasteiger partial charge in [0.05, 0.1) is 30.0 Å². The van der Waals surface area contributed by atoms with Crippen molar-refractivity contribution in [2.75, 3.05) is 25.0 Å². The highest BCUT2D eigenvalue weighted by molar-refractivity contribution is 7.19. The molecule has 9 nitrogen and oxygen atoms in total. The van der Waals surface area contributed by atoms with Crippen molar-refractivity contribution in [2.45, 2.75) is 32.7 Å². The minimum atomic E-state index is 0.0373. The Morgan fingerprint density at radius 2 is 2.03 bits per heavy atom. The van der Waals surface area contributed by atoms with Gasteiger partial charge in [0.25, 0.3) is 0 Å². The highest BCUT2D eigenvalue weighted by Gasteiger charge is 2.21. The predicted octanol–water partition coefficient (Wildman–Crippen LogP) is 2.46. The van der Waals surface area contributed by atoms with Gasteiger partial charge in [0.1, 0.15) is 22.1 Å². The smallest absolute Gasteiger partial charge is 0.187 e. The van der Waals surface area contributed by atoms with Gasteiger partial charge in [-0.25, -0.2) is 15.0 Å². The molecule has 1 saturated heterocycles. The normalized spacial score (nSPS) is 15.6. The molecule has 0 atom stereocenters. The predicted molar refractivity (Wildman–Crippen MR) is 114 cm³/mol. The molecule has 29 heavy (non-hydrogen) atoms. The number of nitrogens with zero attached hydrogens (tertiary/aromatic N) is 7. The maximum Gasteiger partial charge on any atom is 0.187 e. The summed E-state index contributed by atoms with van der Waals surface area (Å²) in [6.07, 6.45) is 6.99. The lowest BCUT2D eigenvalue weighted by Gasteiger charge is -2.31. The summed E-state index contributed by atoms with van der Waals surface area (Å²) in [5.41, 5.74) is 2.53. The average Bonchev–Trinajstić information content (AvgIpc) is 3.38. The van der Waals surface area contributed by atoms with Crippen LogP contribution in [0.4, 0.5) is 10.1 Å². The number of aromatic hydroxyl groups is 1. The first-order valence-electron chi connectivity index (χ1n) is 9.55. The number of aromatic nitrogens is 5. The van der Waals surface area contributed by atoms with Gasteiger partial charge in [0, 0.05) is 19.2 Å². The Bertz CT molecular complexity index is 1010. The summed E-state index contributed by atoms with van der Waals surface area (Å²) >= 11 is 1.56. The van der Waals surface area contributed by atoms with Crippen molar-refractivity contribution in [3.05, 3.63) is 36.0 Å². The Kier molecular flexibility index (Phi) is 5.54. The Morgan fingerprint density at radius 1 is 1.31 bits per heavy atom. The van der Waals surface area contributed by atoms with Crippen LogP contribution >= 0.6 is 11.3 Å². The molecular formula is C19H24N8OS. The highest BCUT2D eigenvalue weighted by Crippen LogP contribution is 2.35. The summed E-state index contributed by atoms with van der Waals surface area (Å²) in [5, 5.41) is 23.7. The van der Waals surface area contributed by atoms with E-state index in [4.69, 9.17) is 9.98 Å². The van der Waals surface area contributed by atoms with Crippen LogP contribution in [0.15, 0.2) is 29.6 Å². The third-order valence-corrected chi connectivity index (χ3v) is 6.18. The van der Waals surface area contributed by atoms with Crippen LogP contribution in [0.3, 0.4) is 0 Å². The van der Waals surface area contributed by atoms with E-state index in [9.17, 15) is 5.11 Å². The van der Waals surface area contributed by atoms with E-state index in [1.807, 2.05) is 13.8 Å². The molecule has 0 aliphatic carbocycles. The van der Waals surface area contributed by atoms with Crippen LogP contribution < -0.4 is 10.2 Å². The molecule has 10 heteroatoms. The summed E-state index contributed by atoms with van der Waals surface area (Å²) < 4.78 is 0. The maximum absolute atomic E-state index is 10.4. The highest BCUT2D eigenvalue weighted by atomic mass is 32.1. The van der Waals surface area contributed by atoms with Crippen molar-refractivity contribution in [1.29, 1.82) is 0 Å². The largest absolute Gasteiger partial charge is 0.506 e. The van der Waals surface area contributed by atoms with Crippen LogP contribution in [0.5, 0.6) is 5.75 Å². The zero-order valence-electron chi connectivity index (χ0n) is 16.7. The molecule has 4 rings (SSSR count). The van der Waals surface area contributed by atoms with Crippen molar-refractivity contribution in [1.82, 2.24) is 30.3 Å². The van der Waals surface area contributed by atoms with E-state index >= 15 is 0 Å². The van der Waals surface area contributed by atoms with Crippen molar-refractivity contribution in [2.24, 2.45) is 4.99 Å². The molecule has 2 N–H and O–H groups in total. The van der Waals surface area contributed by atoms with Crippen molar-refractivity contribution in [3.8, 4) is 11.4 Å². The Labute approximate surface area is 173 Å². The zero-order chi connectivity index (χ0) is 20.4. The fourth-order valence-corrected chi connectivity index (χ4v) is 4.39. The van der Waals surface area contributed by atoms with Gasteiger partial charge in [-0.05, 0) is 39.8 Å². The number of hydrogen-bond acceptors (Lipinski definition) is 9. The van der Waals surface area contributed by atoms with Crippen LogP contribution in [-0.2, 0) is 0 Å². The fraction of sp³-hybridized carbons (Fsp3) is 0.421. The number of hydrogen-bond donors (Lipinski definition) is 2. The Balaban J connectivity index is 1.57. The molecule has 3 aromatic rings. The number of anilines is 1. The molecular weight excluding hydrogens is 388 g/mol. The van der Waals surface area contributed by atoms with Gasteiger partial charge in [-0.15, -0.1) is 4.80 Å². The zero-order valence-corrected chi connectivity index (χ0v) is 17.5. The third kappa shape index (κ3) is 4.13. The molecule has 0 amide bonds. The summed E-state index contributed by atoms with van der Waals surface area (Å²) in [7, 11) is 2.10. The molecule has 1 fully saturated rings. The average molecular weight is 413 g/mol. The molecule has 0 unspecified atom stereocenters. The van der Waals surface area contributed by atoms with E-state index in [2.05, 4.69) is 32.4 Å². The van der Waals surface area contributed by atoms with Gasteiger partial charge in [0.15, 0.2) is 5.13 Å². The second kappa shape index (κ2) is 8.26. The van der Waals surface area contributed by atoms with E-state index in [1.165, 1.54) is 4.80 Å². The topological polar surface area (TPSA) is 104 Å². The summed E-state index contributed by atoms with van der Waals surface area (Å²) in [5.74, 6) is 0.0373. The maximum atomic E-state index is 10.4. The number of aryl methyl sites for hydroxylation is 1. The minimum Gasteiger partial charge on any atom is -0.506 e. The molecule has 0 saturated carbocycles. The second-order valence-corrected chi connectivity index (χ2v) is 8.01. The molecule has 0 radical (unpaired) electrons. The third-order valence-electron chi connectivity index (χ3n) is 5.03. The van der Waals surface area contributed by atoms with E-state index < -0.39 is 0 Å². The van der Waals surface area contributed by atoms with E-state index in [-0.39, 0.29) is 5.75 Å². The molecule has 3 aromatic heterocycles.